The lowest BCUT2D eigenvalue weighted by molar-refractivity contribution is -0.138. The van der Waals surface area contributed by atoms with E-state index in [0.717, 1.165) is 5.69 Å². The molecular weight excluding hydrogens is 358 g/mol. The summed E-state index contributed by atoms with van der Waals surface area (Å²) < 4.78 is 7.39. The molecule has 0 saturated carbocycles. The van der Waals surface area contributed by atoms with Crippen LogP contribution in [0, 0.1) is 0 Å². The van der Waals surface area contributed by atoms with E-state index >= 15 is 0 Å². The number of hydrogen-bond acceptors (Lipinski definition) is 4. The van der Waals surface area contributed by atoms with E-state index in [1.807, 2.05) is 6.92 Å². The average molecular weight is 378 g/mol. The van der Waals surface area contributed by atoms with E-state index in [4.69, 9.17) is 16.3 Å². The van der Waals surface area contributed by atoms with Crippen LogP contribution in [0.3, 0.4) is 0 Å². The number of amides is 1. The van der Waals surface area contributed by atoms with Gasteiger partial charge in [-0.2, -0.15) is 5.10 Å². The molecule has 26 heavy (non-hydrogen) atoms. The summed E-state index contributed by atoms with van der Waals surface area (Å²) in [7, 11) is 0. The average Bonchev–Trinajstić information content (AvgIpc) is 2.99. The number of nitrogens with zero attached hydrogens (tertiary/aromatic N) is 3. The lowest BCUT2D eigenvalue weighted by Crippen LogP contribution is -2.43. The molecule has 0 radical (unpaired) electrons. The largest absolute Gasteiger partial charge is 0.481 e. The number of aromatic nitrogens is 2. The van der Waals surface area contributed by atoms with E-state index in [0.29, 0.717) is 35.8 Å². The molecule has 3 rings (SSSR count). The number of carbonyl (C=O) groups excluding carboxylic acids is 1. The Balaban J connectivity index is 1.76. The second-order valence-electron chi connectivity index (χ2n) is 6.12. The van der Waals surface area contributed by atoms with Gasteiger partial charge >= 0.3 is 5.97 Å². The Kier molecular flexibility index (Phi) is 5.18. The van der Waals surface area contributed by atoms with Crippen molar-refractivity contribution >= 4 is 23.5 Å². The second-order valence-corrected chi connectivity index (χ2v) is 6.56. The topological polar surface area (TPSA) is 84.7 Å². The van der Waals surface area contributed by atoms with Crippen molar-refractivity contribution in [1.82, 2.24) is 14.7 Å². The molecule has 0 fully saturated rings. The van der Waals surface area contributed by atoms with Crippen molar-refractivity contribution in [3.05, 3.63) is 46.2 Å². The Morgan fingerprint density at radius 2 is 2.19 bits per heavy atom. The van der Waals surface area contributed by atoms with Crippen molar-refractivity contribution in [2.45, 2.75) is 39.5 Å². The maximum atomic E-state index is 12.7. The minimum absolute atomic E-state index is 0.0164. The number of rotatable bonds is 5. The Bertz CT molecular complexity index is 849. The molecule has 1 N–H and O–H groups in total. The SMILES string of the molecule is CCn1nc(C(=O)O)c2c1CCN(C(=O)[C@H](C)Oc1cccc(Cl)c1)C2. The number of carboxylic acids is 1. The second kappa shape index (κ2) is 7.37. The Morgan fingerprint density at radius 3 is 2.85 bits per heavy atom. The highest BCUT2D eigenvalue weighted by atomic mass is 35.5. The number of carbonyl (C=O) groups is 2. The fraction of sp³-hybridized carbons (Fsp3) is 0.389. The quantitative estimate of drug-likeness (QED) is 0.865. The third-order valence-corrected chi connectivity index (χ3v) is 4.64. The van der Waals surface area contributed by atoms with Gasteiger partial charge in [-0.05, 0) is 32.0 Å². The lowest BCUT2D eigenvalue weighted by Gasteiger charge is -2.30. The summed E-state index contributed by atoms with van der Waals surface area (Å²) in [6.45, 7) is 4.90. The van der Waals surface area contributed by atoms with Gasteiger partial charge in [0.15, 0.2) is 11.8 Å². The predicted octanol–water partition coefficient (Wildman–Crippen LogP) is 2.61. The molecule has 0 bridgehead atoms. The maximum Gasteiger partial charge on any atom is 0.356 e. The molecule has 1 amide bonds. The Morgan fingerprint density at radius 1 is 1.42 bits per heavy atom. The van der Waals surface area contributed by atoms with Gasteiger partial charge in [-0.1, -0.05) is 17.7 Å². The molecule has 1 aromatic carbocycles. The van der Waals surface area contributed by atoms with E-state index in [1.54, 1.807) is 40.8 Å². The zero-order chi connectivity index (χ0) is 18.8. The highest BCUT2D eigenvalue weighted by Gasteiger charge is 2.31. The molecular formula is C18H20ClN3O4. The van der Waals surface area contributed by atoms with Gasteiger partial charge in [-0.3, -0.25) is 9.48 Å². The molecule has 0 aliphatic carbocycles. The lowest BCUT2D eigenvalue weighted by atomic mass is 10.0. The summed E-state index contributed by atoms with van der Waals surface area (Å²) in [5, 5.41) is 14.1. The van der Waals surface area contributed by atoms with Crippen LogP contribution in [0.4, 0.5) is 0 Å². The van der Waals surface area contributed by atoms with Crippen molar-refractivity contribution in [1.29, 1.82) is 0 Å². The van der Waals surface area contributed by atoms with Crippen LogP contribution in [0.2, 0.25) is 5.02 Å². The van der Waals surface area contributed by atoms with Crippen LogP contribution in [-0.2, 0) is 24.3 Å². The number of aromatic carboxylic acids is 1. The maximum absolute atomic E-state index is 12.7. The van der Waals surface area contributed by atoms with E-state index in [1.165, 1.54) is 0 Å². The van der Waals surface area contributed by atoms with Crippen LogP contribution in [0.1, 0.15) is 35.6 Å². The van der Waals surface area contributed by atoms with E-state index < -0.39 is 12.1 Å². The molecule has 0 spiro atoms. The van der Waals surface area contributed by atoms with Gasteiger partial charge in [-0.25, -0.2) is 4.79 Å². The molecule has 138 valence electrons. The van der Waals surface area contributed by atoms with Crippen LogP contribution in [0.25, 0.3) is 0 Å². The van der Waals surface area contributed by atoms with Crippen LogP contribution < -0.4 is 4.74 Å². The molecule has 2 aromatic rings. The van der Waals surface area contributed by atoms with Crippen LogP contribution in [0.15, 0.2) is 24.3 Å². The summed E-state index contributed by atoms with van der Waals surface area (Å²) in [5.41, 5.74) is 1.51. The van der Waals surface area contributed by atoms with Gasteiger partial charge in [0.2, 0.25) is 0 Å². The first-order valence-corrected chi connectivity index (χ1v) is 8.81. The smallest absolute Gasteiger partial charge is 0.356 e. The summed E-state index contributed by atoms with van der Waals surface area (Å²) in [5.74, 6) is -0.761. The number of halogens is 1. The van der Waals surface area contributed by atoms with Crippen molar-refractivity contribution in [3.8, 4) is 5.75 Å². The first-order valence-electron chi connectivity index (χ1n) is 8.43. The number of aryl methyl sites for hydroxylation is 1. The first-order chi connectivity index (χ1) is 12.4. The van der Waals surface area contributed by atoms with Crippen LogP contribution in [0.5, 0.6) is 5.75 Å². The highest BCUT2D eigenvalue weighted by molar-refractivity contribution is 6.30. The molecule has 8 heteroatoms. The molecule has 1 aliphatic heterocycles. The summed E-state index contributed by atoms with van der Waals surface area (Å²) in [6.07, 6.45) is -0.136. The fourth-order valence-corrected chi connectivity index (χ4v) is 3.34. The predicted molar refractivity (Wildman–Crippen MR) is 95.5 cm³/mol. The van der Waals surface area contributed by atoms with Crippen molar-refractivity contribution < 1.29 is 19.4 Å². The van der Waals surface area contributed by atoms with Gasteiger partial charge in [0.05, 0.1) is 6.54 Å². The Labute approximate surface area is 156 Å². The van der Waals surface area contributed by atoms with E-state index in [2.05, 4.69) is 5.10 Å². The standard InChI is InChI=1S/C18H20ClN3O4/c1-3-22-15-7-8-21(10-14(15)16(20-22)18(24)25)17(23)11(2)26-13-6-4-5-12(19)9-13/h4-6,9,11H,3,7-8,10H2,1-2H3,(H,24,25)/t11-/m0/s1. The number of hydrogen-bond donors (Lipinski definition) is 1. The minimum Gasteiger partial charge on any atom is -0.481 e. The van der Waals surface area contributed by atoms with Crippen molar-refractivity contribution in [2.75, 3.05) is 6.54 Å². The molecule has 1 aliphatic rings. The molecule has 0 unspecified atom stereocenters. The minimum atomic E-state index is -1.08. The van der Waals surface area contributed by atoms with Crippen molar-refractivity contribution in [3.63, 3.8) is 0 Å². The Hall–Kier alpha value is -2.54. The first kappa shape index (κ1) is 18.3. The third kappa shape index (κ3) is 3.53. The number of carboxylic acid groups (broad SMARTS) is 1. The van der Waals surface area contributed by atoms with Crippen molar-refractivity contribution in [2.24, 2.45) is 0 Å². The van der Waals surface area contributed by atoms with Gasteiger partial charge in [-0.15, -0.1) is 0 Å². The van der Waals surface area contributed by atoms with E-state index in [-0.39, 0.29) is 18.1 Å². The molecule has 1 aromatic heterocycles. The number of fused-ring (bicyclic) bond motifs is 1. The highest BCUT2D eigenvalue weighted by Crippen LogP contribution is 2.24. The molecule has 0 saturated heterocycles. The third-order valence-electron chi connectivity index (χ3n) is 4.40. The number of ether oxygens (including phenoxy) is 1. The summed E-state index contributed by atoms with van der Waals surface area (Å²) in [6, 6.07) is 6.86. The summed E-state index contributed by atoms with van der Waals surface area (Å²) >= 11 is 5.94. The zero-order valence-corrected chi connectivity index (χ0v) is 15.4. The van der Waals surface area contributed by atoms with Crippen LogP contribution in [-0.4, -0.2) is 44.3 Å². The zero-order valence-electron chi connectivity index (χ0n) is 14.6. The van der Waals surface area contributed by atoms with Gasteiger partial charge in [0, 0.05) is 35.8 Å². The van der Waals surface area contributed by atoms with Gasteiger partial charge in [0.1, 0.15) is 5.75 Å². The fourth-order valence-electron chi connectivity index (χ4n) is 3.16. The van der Waals surface area contributed by atoms with Gasteiger partial charge in [0.25, 0.3) is 5.91 Å². The van der Waals surface area contributed by atoms with Gasteiger partial charge < -0.3 is 14.7 Å². The molecule has 2 heterocycles. The van der Waals surface area contributed by atoms with Crippen LogP contribution >= 0.6 is 11.6 Å². The monoisotopic (exact) mass is 377 g/mol. The van der Waals surface area contributed by atoms with E-state index in [9.17, 15) is 14.7 Å². The normalized spacial score (nSPS) is 14.7. The molecule has 7 nitrogen and oxygen atoms in total. The summed E-state index contributed by atoms with van der Waals surface area (Å²) in [4.78, 5) is 25.8. The number of benzene rings is 1. The molecule has 1 atom stereocenters.